The Labute approximate surface area is 112 Å². The molecule has 2 rings (SSSR count). The van der Waals surface area contributed by atoms with E-state index in [1.165, 1.54) is 12.1 Å². The Morgan fingerprint density at radius 1 is 1.22 bits per heavy atom. The molecule has 1 aromatic carbocycles. The summed E-state index contributed by atoms with van der Waals surface area (Å²) in [6.07, 6.45) is 3.10. The van der Waals surface area contributed by atoms with Gasteiger partial charge in [0, 0.05) is 13.1 Å². The summed E-state index contributed by atoms with van der Waals surface area (Å²) in [5, 5.41) is 1.83. The number of rotatable bonds is 3. The minimum atomic E-state index is -3.70. The molecule has 0 aromatic heterocycles. The van der Waals surface area contributed by atoms with Gasteiger partial charge >= 0.3 is 0 Å². The molecule has 7 heteroatoms. The lowest BCUT2D eigenvalue weighted by Gasteiger charge is -2.26. The second kappa shape index (κ2) is 5.44. The van der Waals surface area contributed by atoms with Gasteiger partial charge in [-0.2, -0.15) is 0 Å². The molecule has 0 aliphatic carbocycles. The van der Waals surface area contributed by atoms with Crippen LogP contribution in [-0.2, 0) is 10.0 Å². The third kappa shape index (κ3) is 2.95. The summed E-state index contributed by atoms with van der Waals surface area (Å²) in [7, 11) is -3.70. The number of piperidine rings is 1. The highest BCUT2D eigenvalue weighted by molar-refractivity contribution is 7.89. The van der Waals surface area contributed by atoms with Crippen LogP contribution in [0.15, 0.2) is 23.1 Å². The molecule has 3 N–H and O–H groups in total. The first kappa shape index (κ1) is 13.6. The Kier molecular flexibility index (Phi) is 4.11. The first-order chi connectivity index (χ1) is 8.50. The van der Waals surface area contributed by atoms with Gasteiger partial charge in [-0.15, -0.1) is 4.83 Å². The fraction of sp³-hybridized carbons (Fsp3) is 0.455. The van der Waals surface area contributed by atoms with Crippen LogP contribution in [0.2, 0.25) is 5.02 Å². The standard InChI is InChI=1S/C11H16ClN3O2S/c12-9-5-4-6-10(13)11(9)18(16,17)14-15-7-2-1-3-8-15/h4-6,14H,1-3,7-8,13H2. The van der Waals surface area contributed by atoms with Crippen LogP contribution in [-0.4, -0.2) is 26.5 Å². The number of nitrogens with one attached hydrogen (secondary N) is 1. The van der Waals surface area contributed by atoms with Crippen molar-refractivity contribution < 1.29 is 8.42 Å². The van der Waals surface area contributed by atoms with Gasteiger partial charge in [0.25, 0.3) is 10.0 Å². The summed E-state index contributed by atoms with van der Waals surface area (Å²) in [6.45, 7) is 1.42. The number of nitrogens with two attached hydrogens (primary N) is 1. The molecular formula is C11H16ClN3O2S. The molecule has 1 aliphatic heterocycles. The number of nitrogens with zero attached hydrogens (tertiary/aromatic N) is 1. The zero-order valence-corrected chi connectivity index (χ0v) is 11.5. The quantitative estimate of drug-likeness (QED) is 0.829. The minimum Gasteiger partial charge on any atom is -0.398 e. The van der Waals surface area contributed by atoms with E-state index < -0.39 is 10.0 Å². The summed E-state index contributed by atoms with van der Waals surface area (Å²) < 4.78 is 24.4. The van der Waals surface area contributed by atoms with Gasteiger partial charge in [0.05, 0.1) is 10.7 Å². The SMILES string of the molecule is Nc1cccc(Cl)c1S(=O)(=O)NN1CCCCC1. The largest absolute Gasteiger partial charge is 0.398 e. The number of hydrazine groups is 1. The molecule has 18 heavy (non-hydrogen) atoms. The lowest BCUT2D eigenvalue weighted by molar-refractivity contribution is 0.200. The van der Waals surface area contributed by atoms with E-state index in [1.54, 1.807) is 11.1 Å². The van der Waals surface area contributed by atoms with Crippen molar-refractivity contribution in [2.75, 3.05) is 18.8 Å². The molecule has 1 heterocycles. The molecule has 0 radical (unpaired) electrons. The number of nitrogen functional groups attached to an aromatic ring is 1. The maximum Gasteiger partial charge on any atom is 0.256 e. The van der Waals surface area contributed by atoms with Crippen molar-refractivity contribution >= 4 is 27.3 Å². The van der Waals surface area contributed by atoms with Crippen LogP contribution in [0.1, 0.15) is 19.3 Å². The van der Waals surface area contributed by atoms with E-state index in [4.69, 9.17) is 17.3 Å². The van der Waals surface area contributed by atoms with E-state index in [0.29, 0.717) is 13.1 Å². The number of sulfonamides is 1. The fourth-order valence-electron chi connectivity index (χ4n) is 2.01. The predicted octanol–water partition coefficient (Wildman–Crippen LogP) is 1.60. The van der Waals surface area contributed by atoms with Crippen LogP contribution in [0, 0.1) is 0 Å². The molecule has 0 saturated carbocycles. The van der Waals surface area contributed by atoms with Gasteiger partial charge in [0.2, 0.25) is 0 Å². The third-order valence-electron chi connectivity index (χ3n) is 2.87. The van der Waals surface area contributed by atoms with Gasteiger partial charge in [-0.05, 0) is 25.0 Å². The Morgan fingerprint density at radius 2 is 1.89 bits per heavy atom. The molecule has 1 aliphatic rings. The van der Waals surface area contributed by atoms with Crippen LogP contribution < -0.4 is 10.6 Å². The van der Waals surface area contributed by atoms with Crippen molar-refractivity contribution in [2.45, 2.75) is 24.2 Å². The molecule has 0 bridgehead atoms. The average Bonchev–Trinajstić information content (AvgIpc) is 2.28. The second-order valence-electron chi connectivity index (χ2n) is 4.30. The number of hydrogen-bond donors (Lipinski definition) is 2. The first-order valence-electron chi connectivity index (χ1n) is 5.82. The Morgan fingerprint density at radius 3 is 2.50 bits per heavy atom. The number of benzene rings is 1. The molecule has 1 saturated heterocycles. The van der Waals surface area contributed by atoms with Gasteiger partial charge in [-0.25, -0.2) is 13.4 Å². The molecule has 1 aromatic rings. The van der Waals surface area contributed by atoms with Crippen molar-refractivity contribution in [3.63, 3.8) is 0 Å². The second-order valence-corrected chi connectivity index (χ2v) is 6.31. The molecule has 5 nitrogen and oxygen atoms in total. The van der Waals surface area contributed by atoms with E-state index in [9.17, 15) is 8.42 Å². The highest BCUT2D eigenvalue weighted by Gasteiger charge is 2.24. The zero-order valence-electron chi connectivity index (χ0n) is 9.89. The van der Waals surface area contributed by atoms with E-state index in [-0.39, 0.29) is 15.6 Å². The van der Waals surface area contributed by atoms with Crippen molar-refractivity contribution in [3.8, 4) is 0 Å². The topological polar surface area (TPSA) is 75.4 Å². The van der Waals surface area contributed by atoms with Crippen LogP contribution >= 0.6 is 11.6 Å². The minimum absolute atomic E-state index is 0.0442. The van der Waals surface area contributed by atoms with Crippen molar-refractivity contribution in [1.29, 1.82) is 0 Å². The van der Waals surface area contributed by atoms with Gasteiger partial charge in [0.1, 0.15) is 4.90 Å². The normalized spacial score (nSPS) is 17.8. The maximum absolute atomic E-state index is 12.2. The van der Waals surface area contributed by atoms with Gasteiger partial charge in [-0.3, -0.25) is 0 Å². The summed E-state index contributed by atoms with van der Waals surface area (Å²) >= 11 is 5.91. The Bertz CT molecular complexity index is 507. The van der Waals surface area contributed by atoms with Crippen LogP contribution in [0.5, 0.6) is 0 Å². The molecular weight excluding hydrogens is 274 g/mol. The van der Waals surface area contributed by atoms with Gasteiger partial charge in [-0.1, -0.05) is 24.1 Å². The molecule has 0 atom stereocenters. The van der Waals surface area contributed by atoms with Crippen LogP contribution in [0.25, 0.3) is 0 Å². The number of hydrogen-bond acceptors (Lipinski definition) is 4. The fourth-order valence-corrected chi connectivity index (χ4v) is 3.81. The average molecular weight is 290 g/mol. The van der Waals surface area contributed by atoms with E-state index in [1.807, 2.05) is 0 Å². The lowest BCUT2D eigenvalue weighted by atomic mass is 10.2. The highest BCUT2D eigenvalue weighted by atomic mass is 35.5. The monoisotopic (exact) mass is 289 g/mol. The van der Waals surface area contributed by atoms with Crippen molar-refractivity contribution in [3.05, 3.63) is 23.2 Å². The maximum atomic E-state index is 12.2. The van der Waals surface area contributed by atoms with Gasteiger partial charge in [0.15, 0.2) is 0 Å². The first-order valence-corrected chi connectivity index (χ1v) is 7.68. The molecule has 0 unspecified atom stereocenters. The van der Waals surface area contributed by atoms with E-state index in [0.717, 1.165) is 19.3 Å². The lowest BCUT2D eigenvalue weighted by Crippen LogP contribution is -2.45. The van der Waals surface area contributed by atoms with E-state index in [2.05, 4.69) is 4.83 Å². The molecule has 1 fully saturated rings. The predicted molar refractivity (Wildman–Crippen MR) is 71.6 cm³/mol. The summed E-state index contributed by atoms with van der Waals surface area (Å²) in [5.41, 5.74) is 5.85. The number of halogens is 1. The summed E-state index contributed by atoms with van der Waals surface area (Å²) in [6, 6.07) is 4.66. The third-order valence-corrected chi connectivity index (χ3v) is 4.79. The summed E-state index contributed by atoms with van der Waals surface area (Å²) in [5.74, 6) is 0. The Balaban J connectivity index is 2.25. The Hall–Kier alpha value is -0.820. The van der Waals surface area contributed by atoms with Crippen LogP contribution in [0.3, 0.4) is 0 Å². The smallest absolute Gasteiger partial charge is 0.256 e. The zero-order chi connectivity index (χ0) is 13.2. The van der Waals surface area contributed by atoms with E-state index >= 15 is 0 Å². The summed E-state index contributed by atoms with van der Waals surface area (Å²) in [4.78, 5) is 2.49. The van der Waals surface area contributed by atoms with Crippen molar-refractivity contribution in [1.82, 2.24) is 9.84 Å². The molecule has 0 spiro atoms. The molecule has 100 valence electrons. The number of anilines is 1. The van der Waals surface area contributed by atoms with Crippen LogP contribution in [0.4, 0.5) is 5.69 Å². The molecule has 0 amide bonds. The van der Waals surface area contributed by atoms with Crippen molar-refractivity contribution in [2.24, 2.45) is 0 Å². The van der Waals surface area contributed by atoms with Gasteiger partial charge < -0.3 is 5.73 Å². The highest BCUT2D eigenvalue weighted by Crippen LogP contribution is 2.27.